The minimum atomic E-state index is -2.42. The topological polar surface area (TPSA) is 268 Å². The summed E-state index contributed by atoms with van der Waals surface area (Å²) in [5, 5.41) is 54.6. The van der Waals surface area contributed by atoms with E-state index in [2.05, 4.69) is 32.7 Å². The third-order valence-electron chi connectivity index (χ3n) is 19.6. The lowest BCUT2D eigenvalue weighted by Crippen LogP contribution is -2.81. The maximum Gasteiger partial charge on any atom is 0.328 e. The van der Waals surface area contributed by atoms with E-state index in [4.69, 9.17) is 28.4 Å². The van der Waals surface area contributed by atoms with Crippen molar-refractivity contribution in [1.82, 2.24) is 20.5 Å². The van der Waals surface area contributed by atoms with E-state index in [1.807, 2.05) is 69.1 Å². The smallest absolute Gasteiger partial charge is 0.328 e. The van der Waals surface area contributed by atoms with Crippen LogP contribution in [0.15, 0.2) is 48.6 Å². The second kappa shape index (κ2) is 24.5. The highest BCUT2D eigenvalue weighted by Gasteiger charge is 2.78. The van der Waals surface area contributed by atoms with Gasteiger partial charge in [-0.25, -0.2) is 4.79 Å². The quantitative estimate of drug-likeness (QED) is 0.0222. The lowest BCUT2D eigenvalue weighted by Gasteiger charge is -2.63. The molecule has 3 fully saturated rings. The summed E-state index contributed by atoms with van der Waals surface area (Å²) in [4.78, 5) is 76.9. The zero-order valence-electron chi connectivity index (χ0n) is 49.1. The number of nitrogens with zero attached hydrogens (tertiary/aromatic N) is 2. The normalized spacial score (nSPS) is 31.0. The molecule has 1 saturated heterocycles. The number of benzene rings is 2. The van der Waals surface area contributed by atoms with Gasteiger partial charge in [-0.2, -0.15) is 0 Å². The Kier molecular flexibility index (Phi) is 18.2. The van der Waals surface area contributed by atoms with Gasteiger partial charge < -0.3 is 69.4 Å². The molecule has 3 aromatic rings. The van der Waals surface area contributed by atoms with Crippen LogP contribution in [0.5, 0.6) is 5.75 Å². The Morgan fingerprint density at radius 1 is 0.927 bits per heavy atom. The van der Waals surface area contributed by atoms with Crippen molar-refractivity contribution in [1.29, 1.82) is 0 Å². The minimum absolute atomic E-state index is 0.0294. The van der Waals surface area contributed by atoms with Crippen LogP contribution < -0.4 is 20.3 Å². The van der Waals surface area contributed by atoms with Crippen molar-refractivity contribution in [2.24, 2.45) is 17.3 Å². The van der Waals surface area contributed by atoms with Crippen molar-refractivity contribution in [3.05, 3.63) is 70.9 Å². The Bertz CT molecular complexity index is 2870. The van der Waals surface area contributed by atoms with Gasteiger partial charge in [0.25, 0.3) is 5.91 Å². The SMILES string of the molecule is CCC(CO)OC(COC(=O)CCCC(=O)NC(C)C(=O)OCCCNC(=O)[C@]1(O)C2N(C)c3cc(OC)c([C@@]4(C(=O)OC)C[C@@H]5C[C@H](CCc6c4[nH]c4ccccc64)CC(O)(CC)C5)cc3[C@@]23CCN2CC=C[C@](CC)(C23)[C@H]1O)OC. The van der Waals surface area contributed by atoms with E-state index in [0.717, 1.165) is 40.6 Å². The molecular weight excluding hydrogens is 1050 g/mol. The Labute approximate surface area is 480 Å². The van der Waals surface area contributed by atoms with Gasteiger partial charge >= 0.3 is 17.9 Å². The first-order valence-corrected chi connectivity index (χ1v) is 29.7. The van der Waals surface area contributed by atoms with Gasteiger partial charge in [-0.1, -0.05) is 51.1 Å². The fourth-order valence-corrected chi connectivity index (χ4v) is 15.9. The molecule has 2 bridgehead atoms. The lowest BCUT2D eigenvalue weighted by molar-refractivity contribution is -0.203. The third kappa shape index (κ3) is 10.5. The van der Waals surface area contributed by atoms with Gasteiger partial charge in [0, 0.05) is 90.9 Å². The van der Waals surface area contributed by atoms with Gasteiger partial charge in [-0.15, -0.1) is 0 Å². The average molecular weight is 1140 g/mol. The molecule has 2 amide bonds. The Morgan fingerprint density at radius 3 is 2.40 bits per heavy atom. The number of para-hydroxylation sites is 1. The number of rotatable bonds is 23. The first-order chi connectivity index (χ1) is 39.3. The number of carbonyl (C=O) groups excluding carboxylic acids is 5. The predicted octanol–water partition coefficient (Wildman–Crippen LogP) is 4.76. The maximum atomic E-state index is 15.5. The van der Waals surface area contributed by atoms with E-state index in [-0.39, 0.29) is 69.9 Å². The maximum absolute atomic E-state index is 15.5. The van der Waals surface area contributed by atoms with Crippen molar-refractivity contribution in [2.75, 3.05) is 72.7 Å². The van der Waals surface area contributed by atoms with Crippen molar-refractivity contribution >= 4 is 46.3 Å². The van der Waals surface area contributed by atoms with Crippen LogP contribution in [0, 0.1) is 17.3 Å². The largest absolute Gasteiger partial charge is 0.496 e. The number of methoxy groups -OCH3 is 3. The number of aryl methyl sites for hydroxylation is 1. The number of carbonyl (C=O) groups is 5. The highest BCUT2D eigenvalue weighted by molar-refractivity contribution is 5.95. The van der Waals surface area contributed by atoms with Crippen molar-refractivity contribution < 1.29 is 72.8 Å². The number of aromatic nitrogens is 1. The number of esters is 3. The van der Waals surface area contributed by atoms with Gasteiger partial charge in [0.05, 0.1) is 45.2 Å². The molecule has 20 heteroatoms. The number of likely N-dealkylation sites (N-methyl/N-ethyl adjacent to an activating group) is 1. The number of hydrogen-bond acceptors (Lipinski definition) is 17. The highest BCUT2D eigenvalue weighted by atomic mass is 16.7. The summed E-state index contributed by atoms with van der Waals surface area (Å²) in [6.45, 7) is 7.99. The number of anilines is 1. The van der Waals surface area contributed by atoms with Gasteiger partial charge in [-0.05, 0) is 126 Å². The minimum Gasteiger partial charge on any atom is -0.496 e. The average Bonchev–Trinajstić information content (AvgIpc) is 3.18. The number of nitrogens with one attached hydrogen (secondary N) is 3. The molecule has 7 N–H and O–H groups in total. The van der Waals surface area contributed by atoms with Crippen LogP contribution in [0.2, 0.25) is 0 Å². The van der Waals surface area contributed by atoms with Gasteiger partial charge in [-0.3, -0.25) is 24.1 Å². The monoisotopic (exact) mass is 1140 g/mol. The van der Waals surface area contributed by atoms with Gasteiger partial charge in [0.15, 0.2) is 11.9 Å². The number of fused-ring (bicyclic) bond motifs is 6. The van der Waals surface area contributed by atoms with Crippen LogP contribution in [0.3, 0.4) is 0 Å². The van der Waals surface area contributed by atoms with E-state index in [0.29, 0.717) is 81.5 Å². The zero-order chi connectivity index (χ0) is 58.9. The number of ether oxygens (including phenoxy) is 6. The Morgan fingerprint density at radius 2 is 1.70 bits per heavy atom. The number of aromatic amines is 1. The van der Waals surface area contributed by atoms with E-state index in [1.165, 1.54) is 21.1 Å². The molecular formula is C62H87N5O15. The van der Waals surface area contributed by atoms with Crippen LogP contribution in [0.1, 0.15) is 134 Å². The number of aliphatic hydroxyl groups is 4. The van der Waals surface area contributed by atoms with Crippen LogP contribution >= 0.6 is 0 Å². The molecule has 3 aliphatic carbocycles. The number of H-pyrrole nitrogens is 1. The molecule has 2 saturated carbocycles. The fourth-order valence-electron chi connectivity index (χ4n) is 15.9. The van der Waals surface area contributed by atoms with E-state index in [1.54, 1.807) is 7.11 Å². The number of amides is 2. The van der Waals surface area contributed by atoms with E-state index >= 15 is 9.59 Å². The van der Waals surface area contributed by atoms with Crippen LogP contribution in [-0.4, -0.2) is 176 Å². The highest BCUT2D eigenvalue weighted by Crippen LogP contribution is 2.68. The molecule has 20 nitrogen and oxygen atoms in total. The predicted molar refractivity (Wildman–Crippen MR) is 304 cm³/mol. The van der Waals surface area contributed by atoms with Crippen LogP contribution in [-0.2, 0) is 64.9 Å². The first kappa shape index (κ1) is 61.0. The van der Waals surface area contributed by atoms with E-state index in [9.17, 15) is 34.8 Å². The van der Waals surface area contributed by atoms with Crippen molar-refractivity contribution in [3.8, 4) is 5.75 Å². The Hall–Kier alpha value is -5.61. The first-order valence-electron chi connectivity index (χ1n) is 29.7. The molecule has 0 radical (unpaired) electrons. The lowest BCUT2D eigenvalue weighted by atomic mass is 9.47. The van der Waals surface area contributed by atoms with E-state index < -0.39 is 87.8 Å². The zero-order valence-corrected chi connectivity index (χ0v) is 49.1. The Balaban J connectivity index is 0.962. The summed E-state index contributed by atoms with van der Waals surface area (Å²) in [5.74, 6) is -2.41. The number of hydrogen-bond donors (Lipinski definition) is 7. The summed E-state index contributed by atoms with van der Waals surface area (Å²) < 4.78 is 33.9. The molecule has 3 aliphatic heterocycles. The third-order valence-corrected chi connectivity index (χ3v) is 19.6. The molecule has 450 valence electrons. The molecule has 6 aliphatic rings. The molecule has 9 rings (SSSR count). The second-order valence-electron chi connectivity index (χ2n) is 24.1. The standard InChI is InChI=1S/C62H87N5O15/c1-9-40(35-68)82-50(78-7)36-81-49(70)20-14-19-48(69)64-37(4)52(71)80-28-16-25-63-56(73)62(76)54-60(24-27-67-26-15-23-59(11-3,53(60)67)55(62)72)43-30-44(47(77-6)31-46(43)66(54)5)61(57(74)79-8)34-39-29-38(32-58(75,10-2)33-39)21-22-42-41-17-12-13-18-45(41)65-51(42)61/h12-13,15,17-18,23,30-31,37-40,50,53-55,65,68,72,75-76H,9-11,14,16,19-22,24-29,32-36H2,1-8H3,(H,63,73)(H,64,69)/t37?,38-,39+,40?,50?,53?,54?,55+,58?,59+,60+,61-,62-/m0/s1. The molecule has 1 spiro atoms. The summed E-state index contributed by atoms with van der Waals surface area (Å²) in [7, 11) is 6.25. The fraction of sp³-hybridized carbons (Fsp3) is 0.661. The molecule has 13 atom stereocenters. The molecule has 2 aromatic carbocycles. The molecule has 6 unspecified atom stereocenters. The summed E-state index contributed by atoms with van der Waals surface area (Å²) in [5.41, 5.74) is -2.09. The molecule has 82 heavy (non-hydrogen) atoms. The van der Waals surface area contributed by atoms with Gasteiger partial charge in [0.2, 0.25) is 5.91 Å². The van der Waals surface area contributed by atoms with Crippen LogP contribution in [0.4, 0.5) is 5.69 Å². The second-order valence-corrected chi connectivity index (χ2v) is 24.1. The summed E-state index contributed by atoms with van der Waals surface area (Å²) in [6.07, 6.45) is 7.21. The van der Waals surface area contributed by atoms with Crippen LogP contribution in [0.25, 0.3) is 10.9 Å². The van der Waals surface area contributed by atoms with Crippen molar-refractivity contribution in [2.45, 2.75) is 176 Å². The van der Waals surface area contributed by atoms with Gasteiger partial charge in [0.1, 0.15) is 29.9 Å². The molecule has 4 heterocycles. The number of aliphatic hydroxyl groups excluding tert-OH is 2. The summed E-state index contributed by atoms with van der Waals surface area (Å²) in [6, 6.07) is 9.73. The van der Waals surface area contributed by atoms with Crippen molar-refractivity contribution in [3.63, 3.8) is 0 Å². The molecule has 1 aromatic heterocycles. The summed E-state index contributed by atoms with van der Waals surface area (Å²) >= 11 is 0.